The molecule has 2 heterocycles. The van der Waals surface area contributed by atoms with Crippen molar-refractivity contribution in [3.8, 4) is 5.75 Å². The van der Waals surface area contributed by atoms with Gasteiger partial charge in [0.2, 0.25) is 0 Å². The molecule has 0 radical (unpaired) electrons. The summed E-state index contributed by atoms with van der Waals surface area (Å²) in [6, 6.07) is 12.3. The minimum atomic E-state index is 0.293. The van der Waals surface area contributed by atoms with Gasteiger partial charge in [-0.15, -0.1) is 11.3 Å². The number of hydrogen-bond donors (Lipinski definition) is 1. The molecule has 0 amide bonds. The quantitative estimate of drug-likeness (QED) is 0.680. The Morgan fingerprint density at radius 3 is 2.62 bits per heavy atom. The third kappa shape index (κ3) is 4.29. The van der Waals surface area contributed by atoms with Crippen LogP contribution in [0, 0.1) is 6.92 Å². The number of benzene rings is 1. The van der Waals surface area contributed by atoms with E-state index in [-0.39, 0.29) is 0 Å². The van der Waals surface area contributed by atoms with Crippen LogP contribution in [0.2, 0.25) is 0 Å². The summed E-state index contributed by atoms with van der Waals surface area (Å²) in [5.74, 6) is 1.95. The number of ether oxygens (including phenoxy) is 1. The van der Waals surface area contributed by atoms with Crippen LogP contribution in [0.15, 0.2) is 46.8 Å². The minimum Gasteiger partial charge on any atom is -0.490 e. The monoisotopic (exact) mass is 343 g/mol. The molecule has 0 aliphatic carbocycles. The van der Waals surface area contributed by atoms with E-state index < -0.39 is 0 Å². The van der Waals surface area contributed by atoms with Gasteiger partial charge in [-0.25, -0.2) is 0 Å². The summed E-state index contributed by atoms with van der Waals surface area (Å²) in [6.45, 7) is 4.94. The van der Waals surface area contributed by atoms with Crippen molar-refractivity contribution in [2.24, 2.45) is 4.99 Å². The van der Waals surface area contributed by atoms with Gasteiger partial charge in [-0.05, 0) is 36.1 Å². The summed E-state index contributed by atoms with van der Waals surface area (Å²) in [4.78, 5) is 8.15. The van der Waals surface area contributed by atoms with Crippen LogP contribution < -0.4 is 10.1 Å². The molecule has 1 aromatic carbocycles. The molecule has 128 valence electrons. The molecule has 4 nitrogen and oxygen atoms in total. The van der Waals surface area contributed by atoms with Crippen LogP contribution in [-0.2, 0) is 6.54 Å². The third-order valence-corrected chi connectivity index (χ3v) is 5.40. The zero-order valence-electron chi connectivity index (χ0n) is 14.4. The lowest BCUT2D eigenvalue weighted by atomic mass is 10.1. The lowest BCUT2D eigenvalue weighted by molar-refractivity contribution is 0.129. The highest BCUT2D eigenvalue weighted by Crippen LogP contribution is 2.19. The second kappa shape index (κ2) is 8.20. The predicted molar refractivity (Wildman–Crippen MR) is 101 cm³/mol. The standard InChI is InChI=1S/C19H25N3OS/c1-15-10-13-24-18(15)14-21-19(20-2)22-11-8-17(9-12-22)23-16-6-4-3-5-7-16/h3-7,10,13,17H,8-9,11-12,14H2,1-2H3,(H,20,21). The first-order valence-electron chi connectivity index (χ1n) is 8.46. The van der Waals surface area contributed by atoms with Crippen molar-refractivity contribution in [3.63, 3.8) is 0 Å². The Labute approximate surface area is 148 Å². The van der Waals surface area contributed by atoms with E-state index >= 15 is 0 Å². The highest BCUT2D eigenvalue weighted by Gasteiger charge is 2.22. The average Bonchev–Trinajstić information content (AvgIpc) is 3.03. The molecular weight excluding hydrogens is 318 g/mol. The van der Waals surface area contributed by atoms with E-state index in [0.29, 0.717) is 6.10 Å². The zero-order chi connectivity index (χ0) is 16.8. The molecule has 1 aliphatic rings. The molecule has 1 aliphatic heterocycles. The number of rotatable bonds is 4. The van der Waals surface area contributed by atoms with Gasteiger partial charge >= 0.3 is 0 Å². The number of nitrogens with one attached hydrogen (secondary N) is 1. The molecule has 0 unspecified atom stereocenters. The van der Waals surface area contributed by atoms with Crippen molar-refractivity contribution in [1.82, 2.24) is 10.2 Å². The summed E-state index contributed by atoms with van der Waals surface area (Å²) in [6.07, 6.45) is 2.34. The fourth-order valence-electron chi connectivity index (χ4n) is 2.95. The molecule has 1 aromatic heterocycles. The number of likely N-dealkylation sites (tertiary alicyclic amines) is 1. The molecular formula is C19H25N3OS. The summed E-state index contributed by atoms with van der Waals surface area (Å²) in [5.41, 5.74) is 1.35. The highest BCUT2D eigenvalue weighted by molar-refractivity contribution is 7.10. The van der Waals surface area contributed by atoms with Gasteiger partial charge in [0.25, 0.3) is 0 Å². The second-order valence-corrected chi connectivity index (χ2v) is 7.05. The van der Waals surface area contributed by atoms with Crippen LogP contribution in [0.3, 0.4) is 0 Å². The SMILES string of the molecule is CN=C(NCc1sccc1C)N1CCC(Oc2ccccc2)CC1. The second-order valence-electron chi connectivity index (χ2n) is 6.04. The van der Waals surface area contributed by atoms with Crippen LogP contribution >= 0.6 is 11.3 Å². The molecule has 0 bridgehead atoms. The lowest BCUT2D eigenvalue weighted by Gasteiger charge is -2.34. The van der Waals surface area contributed by atoms with Gasteiger partial charge in [0.1, 0.15) is 11.9 Å². The fourth-order valence-corrected chi connectivity index (χ4v) is 3.80. The molecule has 5 heteroatoms. The smallest absolute Gasteiger partial charge is 0.193 e. The van der Waals surface area contributed by atoms with Crippen molar-refractivity contribution < 1.29 is 4.74 Å². The first-order chi connectivity index (χ1) is 11.8. The van der Waals surface area contributed by atoms with Crippen LogP contribution in [0.25, 0.3) is 0 Å². The largest absolute Gasteiger partial charge is 0.490 e. The Morgan fingerprint density at radius 1 is 1.25 bits per heavy atom. The molecule has 0 atom stereocenters. The first-order valence-corrected chi connectivity index (χ1v) is 9.34. The molecule has 0 spiro atoms. The Kier molecular flexibility index (Phi) is 5.75. The van der Waals surface area contributed by atoms with Gasteiger partial charge in [0.15, 0.2) is 5.96 Å². The molecule has 3 rings (SSSR count). The van der Waals surface area contributed by atoms with Crippen LogP contribution in [0.4, 0.5) is 0 Å². The summed E-state index contributed by atoms with van der Waals surface area (Å²) >= 11 is 1.79. The molecule has 0 saturated carbocycles. The third-order valence-electron chi connectivity index (χ3n) is 4.37. The number of hydrogen-bond acceptors (Lipinski definition) is 3. The van der Waals surface area contributed by atoms with Gasteiger partial charge in [-0.1, -0.05) is 18.2 Å². The van der Waals surface area contributed by atoms with E-state index in [2.05, 4.69) is 33.6 Å². The molecule has 24 heavy (non-hydrogen) atoms. The van der Waals surface area contributed by atoms with E-state index in [1.165, 1.54) is 10.4 Å². The number of aryl methyl sites for hydroxylation is 1. The number of aliphatic imine (C=N–C) groups is 1. The van der Waals surface area contributed by atoms with Crippen LogP contribution in [-0.4, -0.2) is 37.1 Å². The Balaban J connectivity index is 1.48. The van der Waals surface area contributed by atoms with Crippen molar-refractivity contribution in [2.45, 2.75) is 32.4 Å². The predicted octanol–water partition coefficient (Wildman–Crippen LogP) is 3.68. The molecule has 1 fully saturated rings. The van der Waals surface area contributed by atoms with Crippen molar-refractivity contribution in [2.75, 3.05) is 20.1 Å². The first kappa shape index (κ1) is 16.8. The maximum absolute atomic E-state index is 6.07. The summed E-state index contributed by atoms with van der Waals surface area (Å²) in [5, 5.41) is 5.63. The van der Waals surface area contributed by atoms with Crippen LogP contribution in [0.1, 0.15) is 23.3 Å². The van der Waals surface area contributed by atoms with E-state index in [4.69, 9.17) is 4.74 Å². The van der Waals surface area contributed by atoms with Crippen molar-refractivity contribution in [3.05, 3.63) is 52.2 Å². The zero-order valence-corrected chi connectivity index (χ0v) is 15.2. The minimum absolute atomic E-state index is 0.293. The highest BCUT2D eigenvalue weighted by atomic mass is 32.1. The number of guanidine groups is 1. The van der Waals surface area contributed by atoms with E-state index in [1.807, 2.05) is 37.4 Å². The number of nitrogens with zero attached hydrogens (tertiary/aromatic N) is 2. The fraction of sp³-hybridized carbons (Fsp3) is 0.421. The molecule has 2 aromatic rings. The topological polar surface area (TPSA) is 36.9 Å². The number of piperidine rings is 1. The molecule has 1 saturated heterocycles. The van der Waals surface area contributed by atoms with Gasteiger partial charge in [0, 0.05) is 37.9 Å². The van der Waals surface area contributed by atoms with Gasteiger partial charge in [0.05, 0.1) is 6.54 Å². The number of para-hydroxylation sites is 1. The van der Waals surface area contributed by atoms with Crippen LogP contribution in [0.5, 0.6) is 5.75 Å². The van der Waals surface area contributed by atoms with E-state index in [1.54, 1.807) is 11.3 Å². The van der Waals surface area contributed by atoms with Crippen molar-refractivity contribution >= 4 is 17.3 Å². The van der Waals surface area contributed by atoms with E-state index in [0.717, 1.165) is 44.2 Å². The van der Waals surface area contributed by atoms with Crippen molar-refractivity contribution in [1.29, 1.82) is 0 Å². The Hall–Kier alpha value is -2.01. The maximum Gasteiger partial charge on any atom is 0.193 e. The maximum atomic E-state index is 6.07. The van der Waals surface area contributed by atoms with Gasteiger partial charge in [-0.3, -0.25) is 4.99 Å². The summed E-state index contributed by atoms with van der Waals surface area (Å²) in [7, 11) is 1.86. The Bertz CT molecular complexity index is 660. The number of thiophene rings is 1. The van der Waals surface area contributed by atoms with Gasteiger partial charge < -0.3 is 15.0 Å². The molecule has 1 N–H and O–H groups in total. The average molecular weight is 343 g/mol. The van der Waals surface area contributed by atoms with Gasteiger partial charge in [-0.2, -0.15) is 0 Å². The normalized spacial score (nSPS) is 16.2. The lowest BCUT2D eigenvalue weighted by Crippen LogP contribution is -2.47. The summed E-state index contributed by atoms with van der Waals surface area (Å²) < 4.78 is 6.07. The van der Waals surface area contributed by atoms with E-state index in [9.17, 15) is 0 Å². The Morgan fingerprint density at radius 2 is 2.00 bits per heavy atom.